The monoisotopic (exact) mass is 251 g/mol. The van der Waals surface area contributed by atoms with E-state index < -0.39 is 0 Å². The minimum atomic E-state index is -0.372. The minimum Gasteiger partial charge on any atom is -0.323 e. The summed E-state index contributed by atoms with van der Waals surface area (Å²) in [5.41, 5.74) is 1.64. The summed E-state index contributed by atoms with van der Waals surface area (Å²) in [6.45, 7) is 2.03. The topological polar surface area (TPSA) is 37.8 Å². The molecule has 0 saturated carbocycles. The van der Waals surface area contributed by atoms with Crippen molar-refractivity contribution in [3.63, 3.8) is 0 Å². The first-order chi connectivity index (χ1) is 8.19. The van der Waals surface area contributed by atoms with E-state index in [-0.39, 0.29) is 5.82 Å². The van der Waals surface area contributed by atoms with Crippen LogP contribution in [0.3, 0.4) is 0 Å². The van der Waals surface area contributed by atoms with Crippen molar-refractivity contribution in [2.45, 2.75) is 13.3 Å². The molecule has 2 rings (SSSR count). The molecule has 0 bridgehead atoms. The van der Waals surface area contributed by atoms with Crippen LogP contribution in [0, 0.1) is 5.82 Å². The van der Waals surface area contributed by atoms with Crippen LogP contribution in [-0.4, -0.2) is 9.97 Å². The molecule has 0 radical (unpaired) electrons. The molecule has 0 spiro atoms. The number of hydrogen-bond donors (Lipinski definition) is 1. The number of rotatable bonds is 3. The van der Waals surface area contributed by atoms with Crippen LogP contribution in [0.2, 0.25) is 5.02 Å². The molecule has 0 aliphatic carbocycles. The van der Waals surface area contributed by atoms with Crippen molar-refractivity contribution in [2.75, 3.05) is 5.32 Å². The van der Waals surface area contributed by atoms with Crippen molar-refractivity contribution in [1.82, 2.24) is 9.97 Å². The number of aromatic nitrogens is 2. The molecule has 0 aliphatic heterocycles. The Hall–Kier alpha value is -1.68. The first kappa shape index (κ1) is 11.8. The van der Waals surface area contributed by atoms with Crippen molar-refractivity contribution in [3.05, 3.63) is 47.0 Å². The first-order valence-corrected chi connectivity index (χ1v) is 5.60. The lowest BCUT2D eigenvalue weighted by Crippen LogP contribution is -1.98. The number of nitrogens with one attached hydrogen (secondary N) is 1. The molecule has 0 aliphatic rings. The Bertz CT molecular complexity index is 514. The minimum absolute atomic E-state index is 0.299. The van der Waals surface area contributed by atoms with E-state index in [9.17, 15) is 4.39 Å². The molecule has 0 atom stereocenters. The molecule has 2 aromatic rings. The van der Waals surface area contributed by atoms with Gasteiger partial charge in [0.05, 0.1) is 10.7 Å². The fourth-order valence-electron chi connectivity index (χ4n) is 1.31. The summed E-state index contributed by atoms with van der Waals surface area (Å²) in [5.74, 6) is 0.0681. The Balaban J connectivity index is 2.19. The molecule has 0 saturated heterocycles. The van der Waals surface area contributed by atoms with Gasteiger partial charge in [0.15, 0.2) is 0 Å². The predicted molar refractivity (Wildman–Crippen MR) is 66.1 cm³/mol. The lowest BCUT2D eigenvalue weighted by atomic mass is 10.3. The Labute approximate surface area is 104 Å². The third-order valence-corrected chi connectivity index (χ3v) is 2.60. The lowest BCUT2D eigenvalue weighted by Gasteiger charge is -2.06. The second-order valence-electron chi connectivity index (χ2n) is 3.52. The maximum atomic E-state index is 12.8. The van der Waals surface area contributed by atoms with Gasteiger partial charge >= 0.3 is 0 Å². The summed E-state index contributed by atoms with van der Waals surface area (Å²) >= 11 is 5.88. The molecule has 3 nitrogen and oxygen atoms in total. The van der Waals surface area contributed by atoms with E-state index >= 15 is 0 Å². The smallest absolute Gasteiger partial charge is 0.227 e. The van der Waals surface area contributed by atoms with Crippen molar-refractivity contribution >= 4 is 23.2 Å². The number of benzene rings is 1. The number of anilines is 2. The second-order valence-corrected chi connectivity index (χ2v) is 3.92. The molecule has 17 heavy (non-hydrogen) atoms. The molecule has 88 valence electrons. The van der Waals surface area contributed by atoms with E-state index in [1.54, 1.807) is 18.5 Å². The highest BCUT2D eigenvalue weighted by molar-refractivity contribution is 6.33. The fraction of sp³-hybridized carbons (Fsp3) is 0.167. The van der Waals surface area contributed by atoms with Crippen LogP contribution in [0.1, 0.15) is 12.5 Å². The SMILES string of the molecule is CCc1cnc(Nc2ccc(F)cc2Cl)nc1. The summed E-state index contributed by atoms with van der Waals surface area (Å²) < 4.78 is 12.8. The normalized spacial score (nSPS) is 10.3. The first-order valence-electron chi connectivity index (χ1n) is 5.22. The zero-order valence-corrected chi connectivity index (χ0v) is 10.0. The Kier molecular flexibility index (Phi) is 3.54. The number of halogens is 2. The van der Waals surface area contributed by atoms with Crippen molar-refractivity contribution in [3.8, 4) is 0 Å². The Morgan fingerprint density at radius 3 is 2.59 bits per heavy atom. The molecule has 1 aromatic heterocycles. The van der Waals surface area contributed by atoms with E-state index in [1.165, 1.54) is 12.1 Å². The highest BCUT2D eigenvalue weighted by atomic mass is 35.5. The van der Waals surface area contributed by atoms with Gasteiger partial charge in [-0.15, -0.1) is 0 Å². The largest absolute Gasteiger partial charge is 0.323 e. The van der Waals surface area contributed by atoms with Crippen LogP contribution in [0.25, 0.3) is 0 Å². The Morgan fingerprint density at radius 1 is 1.29 bits per heavy atom. The predicted octanol–water partition coefficient (Wildman–Crippen LogP) is 3.58. The number of aryl methyl sites for hydroxylation is 1. The van der Waals surface area contributed by atoms with Crippen molar-refractivity contribution in [2.24, 2.45) is 0 Å². The van der Waals surface area contributed by atoms with Crippen LogP contribution in [0.4, 0.5) is 16.0 Å². The zero-order valence-electron chi connectivity index (χ0n) is 9.24. The zero-order chi connectivity index (χ0) is 12.3. The van der Waals surface area contributed by atoms with E-state index in [0.717, 1.165) is 12.0 Å². The maximum absolute atomic E-state index is 12.8. The van der Waals surface area contributed by atoms with E-state index in [1.807, 2.05) is 6.92 Å². The highest BCUT2D eigenvalue weighted by Gasteiger charge is 2.03. The van der Waals surface area contributed by atoms with Gasteiger partial charge in [0.1, 0.15) is 5.82 Å². The Morgan fingerprint density at radius 2 is 2.00 bits per heavy atom. The fourth-order valence-corrected chi connectivity index (χ4v) is 1.53. The summed E-state index contributed by atoms with van der Waals surface area (Å²) in [6, 6.07) is 4.12. The summed E-state index contributed by atoms with van der Waals surface area (Å²) in [4.78, 5) is 8.27. The van der Waals surface area contributed by atoms with Crippen LogP contribution < -0.4 is 5.32 Å². The molecular weight excluding hydrogens is 241 g/mol. The quantitative estimate of drug-likeness (QED) is 0.906. The van der Waals surface area contributed by atoms with Gasteiger partial charge in [-0.2, -0.15) is 0 Å². The summed E-state index contributed by atoms with van der Waals surface area (Å²) in [6.07, 6.45) is 4.37. The van der Waals surface area contributed by atoms with Crippen LogP contribution in [-0.2, 0) is 6.42 Å². The number of hydrogen-bond acceptors (Lipinski definition) is 3. The third-order valence-electron chi connectivity index (χ3n) is 2.29. The van der Waals surface area contributed by atoms with Gasteiger partial charge in [-0.3, -0.25) is 0 Å². The summed E-state index contributed by atoms with van der Waals surface area (Å²) in [5, 5.41) is 3.23. The van der Waals surface area contributed by atoms with Crippen LogP contribution in [0.15, 0.2) is 30.6 Å². The third kappa shape index (κ3) is 2.91. The van der Waals surface area contributed by atoms with Gasteiger partial charge in [-0.1, -0.05) is 18.5 Å². The molecule has 1 N–H and O–H groups in total. The second kappa shape index (κ2) is 5.10. The van der Waals surface area contributed by atoms with E-state index in [0.29, 0.717) is 16.7 Å². The molecule has 1 aromatic carbocycles. The van der Waals surface area contributed by atoms with Gasteiger partial charge < -0.3 is 5.32 Å². The number of nitrogens with zero attached hydrogens (tertiary/aromatic N) is 2. The average molecular weight is 252 g/mol. The van der Waals surface area contributed by atoms with Gasteiger partial charge in [0.2, 0.25) is 5.95 Å². The van der Waals surface area contributed by atoms with Crippen LogP contribution >= 0.6 is 11.6 Å². The summed E-state index contributed by atoms with van der Waals surface area (Å²) in [7, 11) is 0. The standard InChI is InChI=1S/C12H11ClFN3/c1-2-8-6-15-12(16-7-8)17-11-4-3-9(14)5-10(11)13/h3-7H,2H2,1H3,(H,15,16,17). The van der Waals surface area contributed by atoms with Gasteiger partial charge in [-0.25, -0.2) is 14.4 Å². The van der Waals surface area contributed by atoms with Crippen molar-refractivity contribution < 1.29 is 4.39 Å². The molecule has 5 heteroatoms. The lowest BCUT2D eigenvalue weighted by molar-refractivity contribution is 0.628. The van der Waals surface area contributed by atoms with E-state index in [2.05, 4.69) is 15.3 Å². The van der Waals surface area contributed by atoms with Crippen molar-refractivity contribution in [1.29, 1.82) is 0 Å². The molecule has 0 unspecified atom stereocenters. The molecule has 0 fully saturated rings. The molecule has 1 heterocycles. The van der Waals surface area contributed by atoms with Gasteiger partial charge in [0.25, 0.3) is 0 Å². The molecule has 0 amide bonds. The highest BCUT2D eigenvalue weighted by Crippen LogP contribution is 2.24. The molecular formula is C12H11ClFN3. The van der Waals surface area contributed by atoms with Gasteiger partial charge in [0, 0.05) is 12.4 Å². The van der Waals surface area contributed by atoms with Crippen LogP contribution in [0.5, 0.6) is 0 Å². The average Bonchev–Trinajstić information content (AvgIpc) is 2.34. The van der Waals surface area contributed by atoms with Gasteiger partial charge in [-0.05, 0) is 30.2 Å². The maximum Gasteiger partial charge on any atom is 0.227 e. The van der Waals surface area contributed by atoms with E-state index in [4.69, 9.17) is 11.6 Å².